The van der Waals surface area contributed by atoms with Gasteiger partial charge in [0.05, 0.1) is 11.4 Å². The molecule has 0 saturated heterocycles. The Morgan fingerprint density at radius 1 is 0.393 bits per heavy atom. The van der Waals surface area contributed by atoms with Gasteiger partial charge in [0, 0.05) is 31.7 Å². The van der Waals surface area contributed by atoms with Crippen LogP contribution in [0.15, 0.2) is 182 Å². The first-order chi connectivity index (χ1) is 27.5. The predicted octanol–water partition coefficient (Wildman–Crippen LogP) is 14.6. The highest BCUT2D eigenvalue weighted by atomic mass is 32.1. The second-order valence-corrected chi connectivity index (χ2v) is 16.5. The maximum absolute atomic E-state index is 5.30. The van der Waals surface area contributed by atoms with Gasteiger partial charge in [-0.1, -0.05) is 147 Å². The summed E-state index contributed by atoms with van der Waals surface area (Å²) in [5.41, 5.74) is 13.8. The lowest BCUT2D eigenvalue weighted by molar-refractivity contribution is 0.661. The van der Waals surface area contributed by atoms with E-state index in [1.165, 1.54) is 75.5 Å². The molecule has 8 aromatic carbocycles. The van der Waals surface area contributed by atoms with Crippen molar-refractivity contribution < 1.29 is 0 Å². The van der Waals surface area contributed by atoms with Gasteiger partial charge in [0.2, 0.25) is 0 Å². The van der Waals surface area contributed by atoms with E-state index in [2.05, 4.69) is 190 Å². The van der Waals surface area contributed by atoms with Crippen molar-refractivity contribution in [2.45, 2.75) is 19.3 Å². The van der Waals surface area contributed by atoms with Crippen LogP contribution in [-0.4, -0.2) is 9.97 Å². The van der Waals surface area contributed by atoms with Gasteiger partial charge in [0.1, 0.15) is 0 Å². The second kappa shape index (κ2) is 12.7. The Labute approximate surface area is 330 Å². The fourth-order valence-corrected chi connectivity index (χ4v) is 9.76. The zero-order valence-electron chi connectivity index (χ0n) is 31.1. The number of aromatic nitrogens is 2. The molecule has 0 amide bonds. The summed E-state index contributed by atoms with van der Waals surface area (Å²) < 4.78 is 1.32. The standard InChI is InChI=1S/C53H36N2S/c1-53(2)45-20-11-19-43(51(45)44-29-35-14-6-7-15-36(35)30-46(44)53)48-32-47(54-52(55-48)33-12-4-3-5-13-33)40-25-24-38-26-37(22-23-39(38)27-40)34-17-10-18-41(28-34)50-31-42-16-8-9-21-49(42)56-50/h3-32H,1-2H3. The van der Waals surface area contributed by atoms with Crippen LogP contribution in [0.4, 0.5) is 0 Å². The summed E-state index contributed by atoms with van der Waals surface area (Å²) in [5, 5.41) is 6.19. The quantitative estimate of drug-likeness (QED) is 0.176. The molecule has 3 heteroatoms. The molecular weight excluding hydrogens is 697 g/mol. The Morgan fingerprint density at radius 2 is 1.02 bits per heavy atom. The van der Waals surface area contributed by atoms with Gasteiger partial charge in [0.15, 0.2) is 5.82 Å². The van der Waals surface area contributed by atoms with Crippen molar-refractivity contribution in [1.82, 2.24) is 9.97 Å². The van der Waals surface area contributed by atoms with Gasteiger partial charge in [-0.2, -0.15) is 0 Å². The molecule has 0 N–H and O–H groups in total. The summed E-state index contributed by atoms with van der Waals surface area (Å²) in [6, 6.07) is 66.0. The van der Waals surface area contributed by atoms with Crippen LogP contribution < -0.4 is 0 Å². The lowest BCUT2D eigenvalue weighted by Gasteiger charge is -2.22. The summed E-state index contributed by atoms with van der Waals surface area (Å²) >= 11 is 1.85. The minimum Gasteiger partial charge on any atom is -0.228 e. The summed E-state index contributed by atoms with van der Waals surface area (Å²) in [4.78, 5) is 11.8. The Kier molecular flexibility index (Phi) is 7.42. The van der Waals surface area contributed by atoms with Crippen molar-refractivity contribution in [3.63, 3.8) is 0 Å². The van der Waals surface area contributed by atoms with Gasteiger partial charge in [-0.15, -0.1) is 11.3 Å². The molecule has 2 heterocycles. The average Bonchev–Trinajstić information content (AvgIpc) is 3.79. The number of fused-ring (bicyclic) bond motifs is 6. The summed E-state index contributed by atoms with van der Waals surface area (Å²) in [5.74, 6) is 0.723. The molecule has 1 aliphatic rings. The maximum atomic E-state index is 5.30. The van der Waals surface area contributed by atoms with Crippen LogP contribution in [-0.2, 0) is 5.41 Å². The minimum absolute atomic E-state index is 0.139. The third-order valence-corrected chi connectivity index (χ3v) is 12.8. The minimum atomic E-state index is -0.139. The van der Waals surface area contributed by atoms with Crippen molar-refractivity contribution in [2.75, 3.05) is 0 Å². The van der Waals surface area contributed by atoms with Crippen LogP contribution in [0.2, 0.25) is 0 Å². The Bertz CT molecular complexity index is 3140. The Morgan fingerprint density at radius 3 is 1.84 bits per heavy atom. The largest absolute Gasteiger partial charge is 0.228 e. The maximum Gasteiger partial charge on any atom is 0.160 e. The van der Waals surface area contributed by atoms with E-state index in [0.717, 1.165) is 33.9 Å². The van der Waals surface area contributed by atoms with Crippen LogP contribution in [0.5, 0.6) is 0 Å². The molecule has 0 spiro atoms. The van der Waals surface area contributed by atoms with Crippen molar-refractivity contribution in [2.24, 2.45) is 0 Å². The lowest BCUT2D eigenvalue weighted by atomic mass is 9.81. The molecule has 56 heavy (non-hydrogen) atoms. The normalized spacial score (nSPS) is 13.0. The van der Waals surface area contributed by atoms with Crippen LogP contribution in [0.1, 0.15) is 25.0 Å². The monoisotopic (exact) mass is 732 g/mol. The van der Waals surface area contributed by atoms with E-state index in [1.54, 1.807) is 0 Å². The zero-order valence-corrected chi connectivity index (χ0v) is 31.9. The smallest absolute Gasteiger partial charge is 0.160 e. The van der Waals surface area contributed by atoms with E-state index in [4.69, 9.17) is 9.97 Å². The zero-order chi connectivity index (χ0) is 37.4. The highest BCUT2D eigenvalue weighted by molar-refractivity contribution is 7.22. The van der Waals surface area contributed by atoms with Gasteiger partial charge >= 0.3 is 0 Å². The molecule has 264 valence electrons. The Hall–Kier alpha value is -6.68. The molecule has 0 atom stereocenters. The summed E-state index contributed by atoms with van der Waals surface area (Å²) in [6.07, 6.45) is 0. The highest BCUT2D eigenvalue weighted by Gasteiger charge is 2.37. The molecule has 2 nitrogen and oxygen atoms in total. The van der Waals surface area contributed by atoms with E-state index >= 15 is 0 Å². The summed E-state index contributed by atoms with van der Waals surface area (Å²) in [6.45, 7) is 4.69. The number of benzene rings is 8. The third kappa shape index (κ3) is 5.38. The molecule has 0 radical (unpaired) electrons. The van der Waals surface area contributed by atoms with Crippen molar-refractivity contribution in [1.29, 1.82) is 0 Å². The van der Waals surface area contributed by atoms with E-state index in [-0.39, 0.29) is 5.41 Å². The molecular formula is C53H36N2S. The van der Waals surface area contributed by atoms with Crippen LogP contribution in [0.25, 0.3) is 98.2 Å². The first-order valence-corrected chi connectivity index (χ1v) is 20.0. The fraction of sp³-hybridized carbons (Fsp3) is 0.0566. The lowest BCUT2D eigenvalue weighted by Crippen LogP contribution is -2.14. The molecule has 2 aromatic heterocycles. The average molecular weight is 733 g/mol. The van der Waals surface area contributed by atoms with E-state index in [0.29, 0.717) is 0 Å². The molecule has 0 bridgehead atoms. The SMILES string of the molecule is CC1(C)c2cc3ccccc3cc2-c2c(-c3cc(-c4ccc5cc(-c6cccc(-c7cc8ccccc8s7)c6)ccc5c4)nc(-c4ccccc4)n3)cccc21. The molecule has 0 aliphatic heterocycles. The van der Waals surface area contributed by atoms with Gasteiger partial charge in [-0.3, -0.25) is 0 Å². The fourth-order valence-electron chi connectivity index (χ4n) is 8.70. The van der Waals surface area contributed by atoms with Crippen LogP contribution in [0.3, 0.4) is 0 Å². The molecule has 0 saturated carbocycles. The molecule has 0 fully saturated rings. The second-order valence-electron chi connectivity index (χ2n) is 15.4. The van der Waals surface area contributed by atoms with Gasteiger partial charge in [0.25, 0.3) is 0 Å². The molecule has 0 unspecified atom stereocenters. The van der Waals surface area contributed by atoms with Gasteiger partial charge < -0.3 is 0 Å². The summed E-state index contributed by atoms with van der Waals surface area (Å²) in [7, 11) is 0. The number of thiophene rings is 1. The van der Waals surface area contributed by atoms with E-state index in [1.807, 2.05) is 17.4 Å². The topological polar surface area (TPSA) is 25.8 Å². The van der Waals surface area contributed by atoms with Gasteiger partial charge in [-0.25, -0.2) is 9.97 Å². The number of hydrogen-bond acceptors (Lipinski definition) is 3. The van der Waals surface area contributed by atoms with E-state index in [9.17, 15) is 0 Å². The molecule has 10 aromatic rings. The predicted molar refractivity (Wildman–Crippen MR) is 237 cm³/mol. The first kappa shape index (κ1) is 32.7. The van der Waals surface area contributed by atoms with E-state index < -0.39 is 0 Å². The van der Waals surface area contributed by atoms with Crippen molar-refractivity contribution in [3.8, 4) is 66.6 Å². The van der Waals surface area contributed by atoms with Crippen molar-refractivity contribution >= 4 is 43.0 Å². The molecule has 11 rings (SSSR count). The number of hydrogen-bond donors (Lipinski definition) is 0. The van der Waals surface area contributed by atoms with Gasteiger partial charge in [-0.05, 0) is 114 Å². The van der Waals surface area contributed by atoms with Crippen LogP contribution >= 0.6 is 11.3 Å². The van der Waals surface area contributed by atoms with Crippen LogP contribution in [0, 0.1) is 0 Å². The first-order valence-electron chi connectivity index (χ1n) is 19.2. The third-order valence-electron chi connectivity index (χ3n) is 11.6. The number of nitrogens with zero attached hydrogens (tertiary/aromatic N) is 2. The molecule has 1 aliphatic carbocycles. The Balaban J connectivity index is 1.02. The number of rotatable bonds is 5. The van der Waals surface area contributed by atoms with Crippen molar-refractivity contribution in [3.05, 3.63) is 193 Å². The highest BCUT2D eigenvalue weighted by Crippen LogP contribution is 2.53.